The number of carbonyl (C=O) groups excluding carboxylic acids is 1. The lowest BCUT2D eigenvalue weighted by Gasteiger charge is -2.23. The third-order valence-corrected chi connectivity index (χ3v) is 5.28. The molecule has 26 heavy (non-hydrogen) atoms. The van der Waals surface area contributed by atoms with Crippen molar-refractivity contribution in [3.63, 3.8) is 0 Å². The highest BCUT2D eigenvalue weighted by Gasteiger charge is 2.19. The number of carbonyl (C=O) groups is 1. The number of benzene rings is 2. The molecule has 0 aliphatic heterocycles. The van der Waals surface area contributed by atoms with Crippen LogP contribution in [0.25, 0.3) is 0 Å². The molecule has 0 bridgehead atoms. The Kier molecular flexibility index (Phi) is 6.42. The predicted molar refractivity (Wildman–Crippen MR) is 107 cm³/mol. The minimum atomic E-state index is -3.48. The average molecular weight is 375 g/mol. The molecule has 2 aromatic carbocycles. The normalized spacial score (nSPS) is 11.2. The van der Waals surface area contributed by atoms with E-state index >= 15 is 0 Å². The molecule has 0 heterocycles. The van der Waals surface area contributed by atoms with Gasteiger partial charge in [-0.2, -0.15) is 0 Å². The van der Waals surface area contributed by atoms with Gasteiger partial charge in [0, 0.05) is 18.7 Å². The molecule has 0 spiro atoms. The maximum Gasteiger partial charge on any atom is 0.232 e. The minimum absolute atomic E-state index is 0.0790. The summed E-state index contributed by atoms with van der Waals surface area (Å²) in [5.74, 6) is -0.215. The molecule has 0 saturated heterocycles. The number of sulfonamides is 1. The number of rotatable bonds is 7. The number of anilines is 2. The van der Waals surface area contributed by atoms with Crippen molar-refractivity contribution >= 4 is 27.3 Å². The van der Waals surface area contributed by atoms with Gasteiger partial charge < -0.3 is 5.32 Å². The van der Waals surface area contributed by atoms with E-state index in [1.54, 1.807) is 0 Å². The molecule has 0 unspecified atom stereocenters. The van der Waals surface area contributed by atoms with Crippen LogP contribution in [-0.2, 0) is 21.2 Å². The van der Waals surface area contributed by atoms with E-state index in [0.717, 1.165) is 23.8 Å². The van der Waals surface area contributed by atoms with E-state index in [2.05, 4.69) is 12.2 Å². The zero-order valence-corrected chi connectivity index (χ0v) is 16.6. The first kappa shape index (κ1) is 20.0. The highest BCUT2D eigenvalue weighted by Crippen LogP contribution is 2.21. The van der Waals surface area contributed by atoms with Crippen LogP contribution in [0.3, 0.4) is 0 Å². The summed E-state index contributed by atoms with van der Waals surface area (Å²) < 4.78 is 25.7. The lowest BCUT2D eigenvalue weighted by Crippen LogP contribution is -2.33. The molecule has 0 aliphatic rings. The molecule has 0 fully saturated rings. The fourth-order valence-electron chi connectivity index (χ4n) is 2.83. The topological polar surface area (TPSA) is 66.5 Å². The Morgan fingerprint density at radius 2 is 1.62 bits per heavy atom. The van der Waals surface area contributed by atoms with Gasteiger partial charge in [-0.15, -0.1) is 0 Å². The van der Waals surface area contributed by atoms with Gasteiger partial charge in [0.15, 0.2) is 0 Å². The van der Waals surface area contributed by atoms with Crippen molar-refractivity contribution in [3.8, 4) is 0 Å². The summed E-state index contributed by atoms with van der Waals surface area (Å²) in [6, 6.07) is 13.3. The first-order valence-corrected chi connectivity index (χ1v) is 10.5. The molecular formula is C20H26N2O3S. The van der Waals surface area contributed by atoms with Crippen LogP contribution in [0.5, 0.6) is 0 Å². The highest BCUT2D eigenvalue weighted by atomic mass is 32.2. The van der Waals surface area contributed by atoms with E-state index in [1.165, 1.54) is 9.87 Å². The van der Waals surface area contributed by atoms with Crippen molar-refractivity contribution in [2.45, 2.75) is 33.6 Å². The summed E-state index contributed by atoms with van der Waals surface area (Å²) >= 11 is 0. The van der Waals surface area contributed by atoms with Crippen LogP contribution in [0.1, 0.15) is 30.0 Å². The predicted octanol–water partition coefficient (Wildman–Crippen LogP) is 3.66. The minimum Gasteiger partial charge on any atom is -0.326 e. The van der Waals surface area contributed by atoms with Crippen molar-refractivity contribution in [1.29, 1.82) is 0 Å². The molecule has 6 heteroatoms. The lowest BCUT2D eigenvalue weighted by atomic mass is 10.1. The Hall–Kier alpha value is -2.34. The van der Waals surface area contributed by atoms with E-state index in [1.807, 2.05) is 56.3 Å². The zero-order valence-electron chi connectivity index (χ0n) is 15.7. The first-order valence-electron chi connectivity index (χ1n) is 8.64. The van der Waals surface area contributed by atoms with E-state index < -0.39 is 10.0 Å². The molecule has 0 aliphatic carbocycles. The molecule has 0 saturated carbocycles. The Bertz CT molecular complexity index is 854. The van der Waals surface area contributed by atoms with Crippen LogP contribution in [0, 0.1) is 13.8 Å². The standard InChI is InChI=1S/C20H26N2O3S/c1-5-17-6-8-18(9-7-17)21-20(23)10-11-22(26(4,24)25)19-13-15(2)12-16(3)14-19/h6-9,12-14H,5,10-11H2,1-4H3,(H,21,23). The molecule has 1 amide bonds. The second-order valence-corrected chi connectivity index (χ2v) is 8.44. The largest absolute Gasteiger partial charge is 0.326 e. The van der Waals surface area contributed by atoms with E-state index in [0.29, 0.717) is 11.4 Å². The van der Waals surface area contributed by atoms with Gasteiger partial charge in [-0.1, -0.05) is 25.1 Å². The van der Waals surface area contributed by atoms with Crippen LogP contribution >= 0.6 is 0 Å². The third kappa shape index (κ3) is 5.59. The zero-order chi connectivity index (χ0) is 19.3. The Morgan fingerprint density at radius 3 is 2.12 bits per heavy atom. The summed E-state index contributed by atoms with van der Waals surface area (Å²) in [6.45, 7) is 6.01. The van der Waals surface area contributed by atoms with E-state index in [4.69, 9.17) is 0 Å². The van der Waals surface area contributed by atoms with Gasteiger partial charge in [0.25, 0.3) is 0 Å². The van der Waals surface area contributed by atoms with Crippen molar-refractivity contribution in [2.75, 3.05) is 22.4 Å². The molecule has 2 rings (SSSR count). The monoisotopic (exact) mass is 374 g/mol. The maximum absolute atomic E-state index is 12.2. The van der Waals surface area contributed by atoms with Crippen LogP contribution in [0.15, 0.2) is 42.5 Å². The smallest absolute Gasteiger partial charge is 0.232 e. The molecule has 0 radical (unpaired) electrons. The fourth-order valence-corrected chi connectivity index (χ4v) is 3.74. The second kappa shape index (κ2) is 8.36. The molecule has 2 aromatic rings. The Labute approximate surface area is 156 Å². The van der Waals surface area contributed by atoms with Gasteiger partial charge >= 0.3 is 0 Å². The van der Waals surface area contributed by atoms with Crippen molar-refractivity contribution in [1.82, 2.24) is 0 Å². The summed E-state index contributed by atoms with van der Waals surface area (Å²) in [5, 5.41) is 2.81. The van der Waals surface area contributed by atoms with Gasteiger partial charge in [-0.3, -0.25) is 9.10 Å². The molecule has 5 nitrogen and oxygen atoms in total. The molecule has 140 valence electrons. The molecular weight excluding hydrogens is 348 g/mol. The molecule has 0 aromatic heterocycles. The number of amides is 1. The SMILES string of the molecule is CCc1ccc(NC(=O)CCN(c2cc(C)cc(C)c2)S(C)(=O)=O)cc1. The van der Waals surface area contributed by atoms with Gasteiger partial charge in [0.05, 0.1) is 11.9 Å². The van der Waals surface area contributed by atoms with E-state index in [-0.39, 0.29) is 18.9 Å². The van der Waals surface area contributed by atoms with Crippen LogP contribution in [0.4, 0.5) is 11.4 Å². The van der Waals surface area contributed by atoms with Crippen molar-refractivity contribution in [2.24, 2.45) is 0 Å². The number of hydrogen-bond donors (Lipinski definition) is 1. The number of hydrogen-bond acceptors (Lipinski definition) is 3. The van der Waals surface area contributed by atoms with Crippen LogP contribution in [0.2, 0.25) is 0 Å². The van der Waals surface area contributed by atoms with Crippen LogP contribution < -0.4 is 9.62 Å². The number of aryl methyl sites for hydroxylation is 3. The molecule has 0 atom stereocenters. The van der Waals surface area contributed by atoms with Crippen molar-refractivity contribution in [3.05, 3.63) is 59.2 Å². The molecule has 1 N–H and O–H groups in total. The van der Waals surface area contributed by atoms with Gasteiger partial charge in [0.1, 0.15) is 0 Å². The lowest BCUT2D eigenvalue weighted by molar-refractivity contribution is -0.116. The van der Waals surface area contributed by atoms with Crippen LogP contribution in [-0.4, -0.2) is 27.1 Å². The number of nitrogens with one attached hydrogen (secondary N) is 1. The van der Waals surface area contributed by atoms with Gasteiger partial charge in [-0.25, -0.2) is 8.42 Å². The average Bonchev–Trinajstić information content (AvgIpc) is 2.53. The second-order valence-electron chi connectivity index (χ2n) is 6.53. The van der Waals surface area contributed by atoms with Crippen molar-refractivity contribution < 1.29 is 13.2 Å². The summed E-state index contributed by atoms with van der Waals surface area (Å²) in [4.78, 5) is 12.2. The number of nitrogens with zero attached hydrogens (tertiary/aromatic N) is 1. The summed E-state index contributed by atoms with van der Waals surface area (Å²) in [6.07, 6.45) is 2.18. The van der Waals surface area contributed by atoms with E-state index in [9.17, 15) is 13.2 Å². The fraction of sp³-hybridized carbons (Fsp3) is 0.350. The highest BCUT2D eigenvalue weighted by molar-refractivity contribution is 7.92. The Balaban J connectivity index is 2.08. The Morgan fingerprint density at radius 1 is 1.04 bits per heavy atom. The summed E-state index contributed by atoms with van der Waals surface area (Å²) in [7, 11) is -3.48. The summed E-state index contributed by atoms with van der Waals surface area (Å²) in [5.41, 5.74) is 4.46. The van der Waals surface area contributed by atoms with Gasteiger partial charge in [-0.05, 0) is 61.2 Å². The quantitative estimate of drug-likeness (QED) is 0.804. The maximum atomic E-state index is 12.2. The third-order valence-electron chi connectivity index (χ3n) is 4.08. The first-order chi connectivity index (χ1) is 12.2. The van der Waals surface area contributed by atoms with Gasteiger partial charge in [0.2, 0.25) is 15.9 Å².